The molecule has 0 bridgehead atoms. The number of rotatable bonds is 5. The van der Waals surface area contributed by atoms with Crippen molar-refractivity contribution in [3.63, 3.8) is 0 Å². The van der Waals surface area contributed by atoms with Gasteiger partial charge in [-0.1, -0.05) is 41.4 Å². The first-order chi connectivity index (χ1) is 12.9. The molecule has 0 amide bonds. The molecule has 3 heteroatoms. The summed E-state index contributed by atoms with van der Waals surface area (Å²) >= 11 is 0. The molecule has 2 aliphatic carbocycles. The van der Waals surface area contributed by atoms with Gasteiger partial charge in [-0.3, -0.25) is 0 Å². The molecule has 0 aliphatic heterocycles. The van der Waals surface area contributed by atoms with Crippen LogP contribution < -0.4 is 0 Å². The number of carbonyl (C=O) groups is 2. The van der Waals surface area contributed by atoms with Gasteiger partial charge in [0.25, 0.3) is 0 Å². The molecule has 2 rings (SSSR count). The van der Waals surface area contributed by atoms with Crippen LogP contribution in [0.25, 0.3) is 0 Å². The fraction of sp³-hybridized carbons (Fsp3) is 0.583. The summed E-state index contributed by atoms with van der Waals surface area (Å²) in [7, 11) is 0. The van der Waals surface area contributed by atoms with E-state index in [1.165, 1.54) is 11.1 Å². The smallest absolute Gasteiger partial charge is 0.384 e. The summed E-state index contributed by atoms with van der Waals surface area (Å²) in [5.41, 5.74) is 3.04. The highest BCUT2D eigenvalue weighted by Gasteiger charge is 2.63. The molecule has 1 fully saturated rings. The maximum Gasteiger partial charge on any atom is 0.384 e. The fourth-order valence-corrected chi connectivity index (χ4v) is 4.66. The molecule has 0 radical (unpaired) electrons. The van der Waals surface area contributed by atoms with Crippen molar-refractivity contribution in [3.05, 3.63) is 35.5 Å². The molecule has 3 nitrogen and oxygen atoms in total. The Kier molecular flexibility index (Phi) is 7.25. The molecular formula is C24H32O3. The summed E-state index contributed by atoms with van der Waals surface area (Å²) in [6.45, 7) is 12.2. The van der Waals surface area contributed by atoms with Crippen LogP contribution in [0, 0.1) is 29.1 Å². The molecule has 0 unspecified atom stereocenters. The van der Waals surface area contributed by atoms with Crippen LogP contribution in [0.1, 0.15) is 66.2 Å². The van der Waals surface area contributed by atoms with Gasteiger partial charge in [0.2, 0.25) is 0 Å². The fourth-order valence-electron chi connectivity index (χ4n) is 4.66. The SMILES string of the molecule is C=C1CC/C=C(\C)CC[C@H]2[C@H]1[C@@H](OC(=O)C#CC)[C@]2(C=O)CCC=C(C)C. The zero-order chi connectivity index (χ0) is 20.0. The first-order valence-electron chi connectivity index (χ1n) is 9.92. The van der Waals surface area contributed by atoms with Crippen LogP contribution in [0.2, 0.25) is 0 Å². The summed E-state index contributed by atoms with van der Waals surface area (Å²) in [5, 5.41) is 0. The molecule has 0 spiro atoms. The minimum atomic E-state index is -0.644. The Morgan fingerprint density at radius 3 is 2.78 bits per heavy atom. The van der Waals surface area contributed by atoms with E-state index in [0.717, 1.165) is 44.0 Å². The number of allylic oxidation sites excluding steroid dienone is 4. The van der Waals surface area contributed by atoms with Crippen molar-refractivity contribution < 1.29 is 14.3 Å². The second-order valence-corrected chi connectivity index (χ2v) is 8.17. The minimum absolute atomic E-state index is 0.0452. The monoisotopic (exact) mass is 368 g/mol. The van der Waals surface area contributed by atoms with Gasteiger partial charge in [0.15, 0.2) is 0 Å². The van der Waals surface area contributed by atoms with Crippen molar-refractivity contribution in [1.29, 1.82) is 0 Å². The van der Waals surface area contributed by atoms with Gasteiger partial charge in [-0.2, -0.15) is 0 Å². The van der Waals surface area contributed by atoms with Crippen molar-refractivity contribution >= 4 is 12.3 Å². The molecule has 0 aromatic carbocycles. The molecule has 4 atom stereocenters. The largest absolute Gasteiger partial charge is 0.451 e. The first kappa shape index (κ1) is 21.2. The third-order valence-electron chi connectivity index (χ3n) is 6.07. The maximum absolute atomic E-state index is 12.4. The zero-order valence-electron chi connectivity index (χ0n) is 17.1. The predicted molar refractivity (Wildman–Crippen MR) is 109 cm³/mol. The Hall–Kier alpha value is -2.08. The third-order valence-corrected chi connectivity index (χ3v) is 6.07. The highest BCUT2D eigenvalue weighted by atomic mass is 16.5. The summed E-state index contributed by atoms with van der Waals surface area (Å²) in [4.78, 5) is 24.5. The van der Waals surface area contributed by atoms with Crippen molar-refractivity contribution in [2.75, 3.05) is 0 Å². The highest BCUT2D eigenvalue weighted by molar-refractivity contribution is 5.88. The van der Waals surface area contributed by atoms with E-state index in [1.807, 2.05) is 0 Å². The predicted octanol–water partition coefficient (Wildman–Crippen LogP) is 5.18. The van der Waals surface area contributed by atoms with E-state index in [4.69, 9.17) is 4.74 Å². The number of hydrogen-bond acceptors (Lipinski definition) is 3. The van der Waals surface area contributed by atoms with Gasteiger partial charge < -0.3 is 9.53 Å². The van der Waals surface area contributed by atoms with E-state index >= 15 is 0 Å². The van der Waals surface area contributed by atoms with E-state index in [0.29, 0.717) is 6.42 Å². The average Bonchev–Trinajstić information content (AvgIpc) is 2.66. The molecule has 0 N–H and O–H groups in total. The number of ether oxygens (including phenoxy) is 1. The Balaban J connectivity index is 2.36. The minimum Gasteiger partial charge on any atom is -0.451 e. The number of hydrogen-bond donors (Lipinski definition) is 0. The Morgan fingerprint density at radius 2 is 2.15 bits per heavy atom. The van der Waals surface area contributed by atoms with Gasteiger partial charge in [0.1, 0.15) is 12.4 Å². The Labute approximate surface area is 163 Å². The lowest BCUT2D eigenvalue weighted by Crippen LogP contribution is -2.63. The molecule has 27 heavy (non-hydrogen) atoms. The second kappa shape index (κ2) is 9.22. The Morgan fingerprint density at radius 1 is 1.41 bits per heavy atom. The lowest BCUT2D eigenvalue weighted by atomic mass is 9.47. The molecule has 0 saturated heterocycles. The molecule has 146 valence electrons. The lowest BCUT2D eigenvalue weighted by Gasteiger charge is -2.58. The van der Waals surface area contributed by atoms with Crippen LogP contribution in [-0.4, -0.2) is 18.4 Å². The van der Waals surface area contributed by atoms with E-state index < -0.39 is 17.5 Å². The van der Waals surface area contributed by atoms with Gasteiger partial charge in [-0.15, -0.1) is 0 Å². The van der Waals surface area contributed by atoms with E-state index in [2.05, 4.69) is 51.3 Å². The first-order valence-corrected chi connectivity index (χ1v) is 9.92. The maximum atomic E-state index is 12.4. The van der Waals surface area contributed by atoms with Gasteiger partial charge in [0, 0.05) is 11.8 Å². The van der Waals surface area contributed by atoms with E-state index in [1.54, 1.807) is 6.92 Å². The molecule has 0 aromatic heterocycles. The van der Waals surface area contributed by atoms with Crippen LogP contribution >= 0.6 is 0 Å². The zero-order valence-corrected chi connectivity index (χ0v) is 17.1. The Bertz CT molecular complexity index is 712. The topological polar surface area (TPSA) is 43.4 Å². The number of aldehydes is 1. The molecule has 1 saturated carbocycles. The summed E-state index contributed by atoms with van der Waals surface area (Å²) in [5.74, 6) is 4.72. The lowest BCUT2D eigenvalue weighted by molar-refractivity contribution is -0.196. The summed E-state index contributed by atoms with van der Waals surface area (Å²) < 4.78 is 5.75. The standard InChI is InChI=1S/C24H32O3/c1-6-9-21(26)27-23-22-19(5)12-7-11-18(4)13-14-20(22)24(23,16-25)15-8-10-17(2)3/h10-11,16,20,22-23H,5,7-8,12-15H2,1-4H3/b18-11+/t20-,22-,23+,24-/m0/s1. The second-order valence-electron chi connectivity index (χ2n) is 8.17. The van der Waals surface area contributed by atoms with Crippen molar-refractivity contribution in [1.82, 2.24) is 0 Å². The normalized spacial score (nSPS) is 31.9. The number of carbonyl (C=O) groups excluding carboxylic acids is 2. The van der Waals surface area contributed by atoms with Crippen LogP contribution in [0.5, 0.6) is 0 Å². The van der Waals surface area contributed by atoms with Crippen molar-refractivity contribution in [2.24, 2.45) is 17.3 Å². The van der Waals surface area contributed by atoms with Crippen LogP contribution in [0.3, 0.4) is 0 Å². The van der Waals surface area contributed by atoms with E-state index in [-0.39, 0.29) is 11.8 Å². The van der Waals surface area contributed by atoms with Crippen LogP contribution in [0.15, 0.2) is 35.5 Å². The number of esters is 1. The summed E-state index contributed by atoms with van der Waals surface area (Å²) in [6.07, 6.45) is 10.2. The van der Waals surface area contributed by atoms with Gasteiger partial charge in [0.05, 0.1) is 5.41 Å². The number of fused-ring (bicyclic) bond motifs is 1. The highest BCUT2D eigenvalue weighted by Crippen LogP contribution is 2.59. The quantitative estimate of drug-likeness (QED) is 0.221. The molecular weight excluding hydrogens is 336 g/mol. The molecule has 2 aliphatic rings. The van der Waals surface area contributed by atoms with Crippen LogP contribution in [-0.2, 0) is 14.3 Å². The molecule has 0 aromatic rings. The van der Waals surface area contributed by atoms with Crippen LogP contribution in [0.4, 0.5) is 0 Å². The van der Waals surface area contributed by atoms with E-state index in [9.17, 15) is 9.59 Å². The average molecular weight is 369 g/mol. The van der Waals surface area contributed by atoms with Crippen molar-refractivity contribution in [2.45, 2.75) is 72.3 Å². The molecule has 0 heterocycles. The van der Waals surface area contributed by atoms with Gasteiger partial charge in [-0.25, -0.2) is 4.79 Å². The van der Waals surface area contributed by atoms with Crippen molar-refractivity contribution in [3.8, 4) is 11.8 Å². The summed E-state index contributed by atoms with van der Waals surface area (Å²) in [6, 6.07) is 0. The third kappa shape index (κ3) is 4.61. The van der Waals surface area contributed by atoms with Gasteiger partial charge >= 0.3 is 5.97 Å². The van der Waals surface area contributed by atoms with Gasteiger partial charge in [-0.05, 0) is 72.1 Å².